The lowest BCUT2D eigenvalue weighted by molar-refractivity contribution is 0.178. The van der Waals surface area contributed by atoms with Gasteiger partial charge in [0.15, 0.2) is 0 Å². The highest BCUT2D eigenvalue weighted by molar-refractivity contribution is 5.34. The Hall–Kier alpha value is -1.60. The van der Waals surface area contributed by atoms with Gasteiger partial charge in [-0.1, -0.05) is 61.9 Å². The van der Waals surface area contributed by atoms with E-state index in [1.54, 1.807) is 0 Å². The molecule has 0 saturated heterocycles. The van der Waals surface area contributed by atoms with Crippen molar-refractivity contribution in [1.29, 1.82) is 0 Å². The summed E-state index contributed by atoms with van der Waals surface area (Å²) in [5.74, 6) is 0. The molecule has 0 bridgehead atoms. The van der Waals surface area contributed by atoms with Crippen LogP contribution in [0.2, 0.25) is 0 Å². The van der Waals surface area contributed by atoms with E-state index in [0.29, 0.717) is 6.42 Å². The van der Waals surface area contributed by atoms with E-state index in [1.165, 1.54) is 22.3 Å². The van der Waals surface area contributed by atoms with Crippen LogP contribution < -0.4 is 0 Å². The van der Waals surface area contributed by atoms with Crippen LogP contribution in [0, 0.1) is 6.92 Å². The third-order valence-corrected chi connectivity index (χ3v) is 3.93. The molecular weight excluding hydrogens is 244 g/mol. The van der Waals surface area contributed by atoms with Gasteiger partial charge in [-0.3, -0.25) is 0 Å². The number of hydrogen-bond acceptors (Lipinski definition) is 1. The lowest BCUT2D eigenvalue weighted by Crippen LogP contribution is -2.04. The molecule has 1 nitrogen and oxygen atoms in total. The smallest absolute Gasteiger partial charge is 0.0830 e. The summed E-state index contributed by atoms with van der Waals surface area (Å²) in [6.45, 7) is 6.43. The molecule has 0 saturated carbocycles. The summed E-state index contributed by atoms with van der Waals surface area (Å²) in [6, 6.07) is 14.8. The van der Waals surface area contributed by atoms with E-state index < -0.39 is 6.10 Å². The summed E-state index contributed by atoms with van der Waals surface area (Å²) in [6.07, 6.45) is 2.33. The summed E-state index contributed by atoms with van der Waals surface area (Å²) in [4.78, 5) is 0. The van der Waals surface area contributed by atoms with E-state index in [0.717, 1.165) is 18.4 Å². The number of aliphatic hydroxyl groups excluding tert-OH is 1. The normalized spacial score (nSPS) is 12.4. The SMILES string of the molecule is CCc1ccc(C(O)Cc2ccc(C)cc2)cc1CC. The van der Waals surface area contributed by atoms with Crippen LogP contribution >= 0.6 is 0 Å². The van der Waals surface area contributed by atoms with Gasteiger partial charge in [0.25, 0.3) is 0 Å². The maximum Gasteiger partial charge on any atom is 0.0830 e. The Kier molecular flexibility index (Phi) is 4.97. The molecule has 0 amide bonds. The van der Waals surface area contributed by atoms with Crippen molar-refractivity contribution in [3.8, 4) is 0 Å². The first-order chi connectivity index (χ1) is 9.63. The Bertz CT molecular complexity index is 554. The first-order valence-corrected chi connectivity index (χ1v) is 7.49. The molecule has 2 aromatic rings. The molecule has 1 atom stereocenters. The van der Waals surface area contributed by atoms with Gasteiger partial charge in [0, 0.05) is 6.42 Å². The van der Waals surface area contributed by atoms with Crippen LogP contribution in [0.1, 0.15) is 47.8 Å². The average molecular weight is 268 g/mol. The summed E-state index contributed by atoms with van der Waals surface area (Å²) >= 11 is 0. The molecule has 0 radical (unpaired) electrons. The van der Waals surface area contributed by atoms with E-state index in [9.17, 15) is 5.11 Å². The fourth-order valence-corrected chi connectivity index (χ4v) is 2.59. The summed E-state index contributed by atoms with van der Waals surface area (Å²) in [7, 11) is 0. The van der Waals surface area contributed by atoms with Crippen LogP contribution in [0.4, 0.5) is 0 Å². The number of aryl methyl sites for hydroxylation is 3. The van der Waals surface area contributed by atoms with Gasteiger partial charge in [0.05, 0.1) is 6.10 Å². The Morgan fingerprint density at radius 3 is 2.15 bits per heavy atom. The van der Waals surface area contributed by atoms with Crippen LogP contribution in [-0.4, -0.2) is 5.11 Å². The Morgan fingerprint density at radius 2 is 1.55 bits per heavy atom. The van der Waals surface area contributed by atoms with Crippen LogP contribution in [0.3, 0.4) is 0 Å². The zero-order chi connectivity index (χ0) is 14.5. The molecular formula is C19H24O. The van der Waals surface area contributed by atoms with E-state index >= 15 is 0 Å². The largest absolute Gasteiger partial charge is 0.388 e. The average Bonchev–Trinajstić information content (AvgIpc) is 2.48. The van der Waals surface area contributed by atoms with Crippen molar-refractivity contribution in [2.24, 2.45) is 0 Å². The van der Waals surface area contributed by atoms with Crippen LogP contribution in [-0.2, 0) is 19.3 Å². The fraction of sp³-hybridized carbons (Fsp3) is 0.368. The molecule has 0 heterocycles. The maximum atomic E-state index is 10.4. The summed E-state index contributed by atoms with van der Waals surface area (Å²) in [5.41, 5.74) is 6.20. The number of hydrogen-bond donors (Lipinski definition) is 1. The highest BCUT2D eigenvalue weighted by atomic mass is 16.3. The molecule has 0 aliphatic carbocycles. The van der Waals surface area contributed by atoms with Gasteiger partial charge in [-0.25, -0.2) is 0 Å². The lowest BCUT2D eigenvalue weighted by Gasteiger charge is -2.14. The standard InChI is InChI=1S/C19H24O/c1-4-16-10-11-18(13-17(16)5-2)19(20)12-15-8-6-14(3)7-9-15/h6-11,13,19-20H,4-5,12H2,1-3H3. The predicted molar refractivity (Wildman–Crippen MR) is 85.0 cm³/mol. The zero-order valence-corrected chi connectivity index (χ0v) is 12.7. The zero-order valence-electron chi connectivity index (χ0n) is 12.7. The Morgan fingerprint density at radius 1 is 0.900 bits per heavy atom. The van der Waals surface area contributed by atoms with Gasteiger partial charge in [-0.2, -0.15) is 0 Å². The van der Waals surface area contributed by atoms with Gasteiger partial charge in [-0.15, -0.1) is 0 Å². The second-order valence-electron chi connectivity index (χ2n) is 5.44. The molecule has 0 aliphatic rings. The van der Waals surface area contributed by atoms with Gasteiger partial charge < -0.3 is 5.11 Å². The van der Waals surface area contributed by atoms with E-state index in [4.69, 9.17) is 0 Å². The Balaban J connectivity index is 2.16. The number of benzene rings is 2. The molecule has 1 heteroatoms. The second-order valence-corrected chi connectivity index (χ2v) is 5.44. The molecule has 1 N–H and O–H groups in total. The number of aliphatic hydroxyl groups is 1. The van der Waals surface area contributed by atoms with E-state index in [1.807, 2.05) is 0 Å². The van der Waals surface area contributed by atoms with Crippen molar-refractivity contribution in [2.45, 2.75) is 46.1 Å². The second kappa shape index (κ2) is 6.71. The minimum atomic E-state index is -0.422. The molecule has 2 rings (SSSR count). The molecule has 2 aromatic carbocycles. The van der Waals surface area contributed by atoms with Crippen molar-refractivity contribution in [1.82, 2.24) is 0 Å². The topological polar surface area (TPSA) is 20.2 Å². The van der Waals surface area contributed by atoms with Crippen molar-refractivity contribution in [3.63, 3.8) is 0 Å². The van der Waals surface area contributed by atoms with Gasteiger partial charge in [-0.05, 0) is 42.0 Å². The monoisotopic (exact) mass is 268 g/mol. The van der Waals surface area contributed by atoms with E-state index in [2.05, 4.69) is 63.2 Å². The summed E-state index contributed by atoms with van der Waals surface area (Å²) < 4.78 is 0. The molecule has 0 spiro atoms. The van der Waals surface area contributed by atoms with Gasteiger partial charge in [0.1, 0.15) is 0 Å². The number of rotatable bonds is 5. The molecule has 20 heavy (non-hydrogen) atoms. The van der Waals surface area contributed by atoms with Crippen LogP contribution in [0.25, 0.3) is 0 Å². The predicted octanol–water partition coefficient (Wildman–Crippen LogP) is 4.40. The van der Waals surface area contributed by atoms with Crippen molar-refractivity contribution in [3.05, 3.63) is 70.3 Å². The molecule has 0 aromatic heterocycles. The van der Waals surface area contributed by atoms with Crippen molar-refractivity contribution >= 4 is 0 Å². The quantitative estimate of drug-likeness (QED) is 0.852. The fourth-order valence-electron chi connectivity index (χ4n) is 2.59. The molecule has 0 fully saturated rings. The van der Waals surface area contributed by atoms with Gasteiger partial charge >= 0.3 is 0 Å². The minimum absolute atomic E-state index is 0.422. The molecule has 106 valence electrons. The highest BCUT2D eigenvalue weighted by Gasteiger charge is 2.10. The van der Waals surface area contributed by atoms with Crippen molar-refractivity contribution in [2.75, 3.05) is 0 Å². The highest BCUT2D eigenvalue weighted by Crippen LogP contribution is 2.22. The van der Waals surface area contributed by atoms with Crippen molar-refractivity contribution < 1.29 is 5.11 Å². The maximum absolute atomic E-state index is 10.4. The third-order valence-electron chi connectivity index (χ3n) is 3.93. The first-order valence-electron chi connectivity index (χ1n) is 7.49. The first kappa shape index (κ1) is 14.8. The lowest BCUT2D eigenvalue weighted by atomic mass is 9.95. The molecule has 1 unspecified atom stereocenters. The third kappa shape index (κ3) is 3.49. The summed E-state index contributed by atoms with van der Waals surface area (Å²) in [5, 5.41) is 10.4. The van der Waals surface area contributed by atoms with E-state index in [-0.39, 0.29) is 0 Å². The Labute approximate surface area is 122 Å². The van der Waals surface area contributed by atoms with Crippen LogP contribution in [0.15, 0.2) is 42.5 Å². The molecule has 0 aliphatic heterocycles. The van der Waals surface area contributed by atoms with Crippen LogP contribution in [0.5, 0.6) is 0 Å². The van der Waals surface area contributed by atoms with Gasteiger partial charge in [0.2, 0.25) is 0 Å². The minimum Gasteiger partial charge on any atom is -0.388 e.